The van der Waals surface area contributed by atoms with Gasteiger partial charge in [-0.3, -0.25) is 0 Å². The van der Waals surface area contributed by atoms with Crippen molar-refractivity contribution in [1.82, 2.24) is 0 Å². The first kappa shape index (κ1) is 73.2. The number of hydrogen-bond donors (Lipinski definition) is 0. The van der Waals surface area contributed by atoms with Crippen molar-refractivity contribution in [2.24, 2.45) is 0 Å². The fraction of sp³-hybridized carbons (Fsp3) is 0.327. The van der Waals surface area contributed by atoms with Crippen molar-refractivity contribution < 1.29 is 0 Å². The summed E-state index contributed by atoms with van der Waals surface area (Å²) in [5, 5.41) is 0. The molecule has 0 heteroatoms. The van der Waals surface area contributed by atoms with E-state index in [4.69, 9.17) is 0 Å². The molecule has 0 saturated carbocycles. The maximum Gasteiger partial charge on any atom is 0.0713 e. The third kappa shape index (κ3) is 17.0. The molecular formula is C104H114. The van der Waals surface area contributed by atoms with Crippen LogP contribution in [0.3, 0.4) is 0 Å². The number of fused-ring (bicyclic) bond motifs is 6. The highest BCUT2D eigenvalue weighted by atomic mass is 14.5. The molecule has 0 unspecified atom stereocenters. The first-order valence-electron chi connectivity index (χ1n) is 40.9. The third-order valence-electron chi connectivity index (χ3n) is 23.3. The Kier molecular flexibility index (Phi) is 25.7. The van der Waals surface area contributed by atoms with Crippen LogP contribution in [0.25, 0.3) is 68.8 Å². The molecular weight excluding hydrogens is 1250 g/mol. The van der Waals surface area contributed by atoms with E-state index < -0.39 is 10.8 Å². The summed E-state index contributed by atoms with van der Waals surface area (Å²) in [7, 11) is 0. The Hall–Kier alpha value is -9.10. The summed E-state index contributed by atoms with van der Waals surface area (Å²) in [6, 6.07) is 99.4. The number of rotatable bonds is 38. The van der Waals surface area contributed by atoms with Crippen LogP contribution in [-0.4, -0.2) is 0 Å². The Labute approximate surface area is 626 Å². The van der Waals surface area contributed by atoms with Crippen molar-refractivity contribution in [1.29, 1.82) is 0 Å². The van der Waals surface area contributed by atoms with Crippen molar-refractivity contribution in [3.63, 3.8) is 0 Å². The van der Waals surface area contributed by atoms with Gasteiger partial charge in [0, 0.05) is 0 Å². The zero-order valence-corrected chi connectivity index (χ0v) is 63.4. The smallest absolute Gasteiger partial charge is 0.0654 e. The minimum atomic E-state index is -0.449. The number of aryl methyl sites for hydroxylation is 4. The van der Waals surface area contributed by atoms with Gasteiger partial charge < -0.3 is 0 Å². The average molecular weight is 1360 g/mol. The summed E-state index contributed by atoms with van der Waals surface area (Å²) in [5.41, 5.74) is 30.7. The van der Waals surface area contributed by atoms with E-state index in [1.807, 2.05) is 0 Å². The van der Waals surface area contributed by atoms with Gasteiger partial charge in [0.2, 0.25) is 0 Å². The van der Waals surface area contributed by atoms with Crippen molar-refractivity contribution in [3.8, 4) is 44.5 Å². The van der Waals surface area contributed by atoms with Gasteiger partial charge in [-0.05, 0) is 197 Å². The molecule has 0 spiro atoms. The Balaban J connectivity index is 0.704. The molecule has 0 fully saturated rings. The maximum absolute atomic E-state index is 2.52. The van der Waals surface area contributed by atoms with Gasteiger partial charge in [0.05, 0.1) is 10.8 Å². The van der Waals surface area contributed by atoms with Gasteiger partial charge in [-0.15, -0.1) is 0 Å². The molecule has 11 aromatic carbocycles. The van der Waals surface area contributed by atoms with Gasteiger partial charge in [0.15, 0.2) is 0 Å². The van der Waals surface area contributed by atoms with Crippen LogP contribution in [-0.2, 0) is 36.5 Å². The first-order valence-corrected chi connectivity index (χ1v) is 40.9. The molecule has 0 saturated heterocycles. The molecule has 0 amide bonds. The zero-order valence-electron chi connectivity index (χ0n) is 63.4. The number of benzene rings is 11. The molecule has 0 atom stereocenters. The molecule has 13 rings (SSSR count). The van der Waals surface area contributed by atoms with Crippen LogP contribution in [0.5, 0.6) is 0 Å². The Morgan fingerprint density at radius 2 is 0.433 bits per heavy atom. The molecule has 0 bridgehead atoms. The third-order valence-corrected chi connectivity index (χ3v) is 23.3. The number of hydrogen-bond acceptors (Lipinski definition) is 0. The fourth-order valence-electron chi connectivity index (χ4n) is 17.3. The Morgan fingerprint density at radius 3 is 0.712 bits per heavy atom. The largest absolute Gasteiger partial charge is 0.0713 e. The maximum atomic E-state index is 2.52. The molecule has 0 aromatic heterocycles. The van der Waals surface area contributed by atoms with Gasteiger partial charge in [-0.2, -0.15) is 0 Å². The van der Waals surface area contributed by atoms with E-state index in [1.54, 1.807) is 0 Å². The van der Waals surface area contributed by atoms with Crippen LogP contribution >= 0.6 is 0 Å². The highest BCUT2D eigenvalue weighted by Gasteiger charge is 2.48. The molecule has 0 nitrogen and oxygen atoms in total. The van der Waals surface area contributed by atoms with Crippen LogP contribution in [0.15, 0.2) is 255 Å². The Bertz CT molecular complexity index is 4120. The molecule has 0 aliphatic heterocycles. The average Bonchev–Trinajstić information content (AvgIpc) is 1.54. The van der Waals surface area contributed by atoms with Gasteiger partial charge in [-0.25, -0.2) is 0 Å². The molecule has 0 radical (unpaired) electrons. The molecule has 104 heavy (non-hydrogen) atoms. The predicted molar refractivity (Wildman–Crippen MR) is 451 cm³/mol. The van der Waals surface area contributed by atoms with Crippen molar-refractivity contribution in [2.45, 2.75) is 218 Å². The summed E-state index contributed by atoms with van der Waals surface area (Å²) in [6.45, 7) is 9.21. The molecule has 2 aliphatic carbocycles. The highest BCUT2D eigenvalue weighted by Crippen LogP contribution is 2.59. The lowest BCUT2D eigenvalue weighted by atomic mass is 9.67. The van der Waals surface area contributed by atoms with E-state index in [0.29, 0.717) is 0 Å². The molecule has 0 heterocycles. The van der Waals surface area contributed by atoms with Crippen LogP contribution in [0.2, 0.25) is 0 Å². The second-order valence-corrected chi connectivity index (χ2v) is 30.5. The van der Waals surface area contributed by atoms with Gasteiger partial charge >= 0.3 is 0 Å². The van der Waals surface area contributed by atoms with Crippen molar-refractivity contribution in [2.75, 3.05) is 0 Å². The molecule has 11 aromatic rings. The second-order valence-electron chi connectivity index (χ2n) is 30.5. The van der Waals surface area contributed by atoms with E-state index in [0.717, 1.165) is 25.7 Å². The van der Waals surface area contributed by atoms with Gasteiger partial charge in [0.25, 0.3) is 0 Å². The minimum absolute atomic E-state index is 0.449. The molecule has 2 aliphatic rings. The molecule has 0 N–H and O–H groups in total. The summed E-state index contributed by atoms with van der Waals surface area (Å²) >= 11 is 0. The summed E-state index contributed by atoms with van der Waals surface area (Å²) in [6.07, 6.45) is 45.1. The normalized spacial score (nSPS) is 13.2. The van der Waals surface area contributed by atoms with Crippen LogP contribution < -0.4 is 0 Å². The summed E-state index contributed by atoms with van der Waals surface area (Å²) < 4.78 is 0. The lowest BCUT2D eigenvalue weighted by Crippen LogP contribution is -2.28. The Morgan fingerprint density at radius 1 is 0.202 bits per heavy atom. The first-order chi connectivity index (χ1) is 51.4. The SMILES string of the molecule is CCCCCCCCc1ccc(C2(c3ccc(CCCCCCCC)cc3)c3ccccc3-c3ccc(-c4ccc(C=Cc5ccc(C=Cc6ccc(-c7ccc8c(c7)C(c7ccc(CCCCCCCC)cc7)(c7ccc(CCCCCCCC)cc7)c7ccccc7-8)cc6)cc5)cc4)cc32)cc1. The quantitative estimate of drug-likeness (QED) is 0.0267. The van der Waals surface area contributed by atoms with E-state index in [1.165, 1.54) is 288 Å². The number of unbranched alkanes of at least 4 members (excludes halogenated alkanes) is 20. The lowest BCUT2D eigenvalue weighted by molar-refractivity contribution is 0.607. The van der Waals surface area contributed by atoms with E-state index >= 15 is 0 Å². The lowest BCUT2D eigenvalue weighted by Gasteiger charge is -2.34. The van der Waals surface area contributed by atoms with E-state index in [9.17, 15) is 0 Å². The van der Waals surface area contributed by atoms with Crippen LogP contribution in [0.4, 0.5) is 0 Å². The van der Waals surface area contributed by atoms with Crippen molar-refractivity contribution >= 4 is 24.3 Å². The minimum Gasteiger partial charge on any atom is -0.0654 e. The fourth-order valence-corrected chi connectivity index (χ4v) is 17.3. The van der Waals surface area contributed by atoms with Crippen LogP contribution in [0, 0.1) is 0 Å². The topological polar surface area (TPSA) is 0 Å². The monoisotopic (exact) mass is 1360 g/mol. The summed E-state index contributed by atoms with van der Waals surface area (Å²) in [4.78, 5) is 0. The van der Waals surface area contributed by atoms with Gasteiger partial charge in [0.1, 0.15) is 0 Å². The van der Waals surface area contributed by atoms with Gasteiger partial charge in [-0.1, -0.05) is 423 Å². The summed E-state index contributed by atoms with van der Waals surface area (Å²) in [5.74, 6) is 0. The highest BCUT2D eigenvalue weighted by molar-refractivity contribution is 5.90. The standard InChI is InChI=1S/C104H114/c1-5-9-13-17-21-25-33-79-53-67-91(68-54-79)103(92-69-55-80(56-70-92)34-26-22-18-14-10-6-2)99-39-31-29-37-95(99)97-75-65-89(77-101(97)103)87-61-49-85(50-62-87)47-45-83-41-43-84(44-42-83)46-48-86-51-63-88(64-52-86)90-66-76-98-96-38-30-32-40-100(96)104(102(98)78-90,93-71-57-81(58-72-93)35-27-23-19-15-11-7-3)94-73-59-82(60-74-94)36-28-24-20-16-12-8-4/h29-32,37-78H,5-28,33-36H2,1-4H3. The van der Waals surface area contributed by atoms with E-state index in [-0.39, 0.29) is 0 Å². The van der Waals surface area contributed by atoms with Crippen molar-refractivity contribution in [3.05, 3.63) is 344 Å². The zero-order chi connectivity index (χ0) is 71.2. The van der Waals surface area contributed by atoms with Crippen LogP contribution in [0.1, 0.15) is 271 Å². The second kappa shape index (κ2) is 36.6. The predicted octanol–water partition coefficient (Wildman–Crippen LogP) is 29.7. The molecule has 530 valence electrons. The van der Waals surface area contributed by atoms with E-state index in [2.05, 4.69) is 307 Å².